The molecule has 0 radical (unpaired) electrons. The Morgan fingerprint density at radius 1 is 1.04 bits per heavy atom. The molecular weight excluding hydrogens is 317 g/mol. The molecule has 0 aliphatic rings. The molecule has 2 aromatic heterocycles. The lowest BCUT2D eigenvalue weighted by molar-refractivity contribution is -0.140. The van der Waals surface area contributed by atoms with Gasteiger partial charge in [-0.05, 0) is 19.4 Å². The van der Waals surface area contributed by atoms with Gasteiger partial charge >= 0.3 is 6.18 Å². The van der Waals surface area contributed by atoms with Crippen LogP contribution in [-0.2, 0) is 6.18 Å². The standard InChI is InChI=1S/C17H17F3N4/c1-10-5-7-12(8-6-10)14-15(17(18,19)20)22-24-13(23(3)4)9-11(2)21-16(14)24/h5-9H,1-4H3. The van der Waals surface area contributed by atoms with Gasteiger partial charge in [0.1, 0.15) is 5.82 Å². The van der Waals surface area contributed by atoms with Crippen molar-refractivity contribution in [2.45, 2.75) is 20.0 Å². The van der Waals surface area contributed by atoms with Gasteiger partial charge < -0.3 is 4.90 Å². The second-order valence-electron chi connectivity index (χ2n) is 5.97. The monoisotopic (exact) mass is 334 g/mol. The van der Waals surface area contributed by atoms with Gasteiger partial charge in [0.2, 0.25) is 0 Å². The zero-order valence-electron chi connectivity index (χ0n) is 13.8. The van der Waals surface area contributed by atoms with Crippen molar-refractivity contribution in [3.8, 4) is 11.1 Å². The van der Waals surface area contributed by atoms with Crippen LogP contribution < -0.4 is 4.90 Å². The van der Waals surface area contributed by atoms with E-state index in [9.17, 15) is 13.2 Å². The van der Waals surface area contributed by atoms with Crippen molar-refractivity contribution in [1.29, 1.82) is 0 Å². The predicted octanol–water partition coefficient (Wildman–Crippen LogP) is 4.10. The highest BCUT2D eigenvalue weighted by atomic mass is 19.4. The third kappa shape index (κ3) is 2.70. The molecule has 0 bridgehead atoms. The van der Waals surface area contributed by atoms with E-state index in [1.54, 1.807) is 56.3 Å². The molecule has 126 valence electrons. The van der Waals surface area contributed by atoms with Crippen molar-refractivity contribution in [2.24, 2.45) is 0 Å². The van der Waals surface area contributed by atoms with Crippen LogP contribution in [0.15, 0.2) is 30.3 Å². The second kappa shape index (κ2) is 5.51. The molecule has 0 spiro atoms. The first-order valence-electron chi connectivity index (χ1n) is 7.40. The fourth-order valence-corrected chi connectivity index (χ4v) is 2.62. The van der Waals surface area contributed by atoms with Crippen LogP contribution >= 0.6 is 0 Å². The molecule has 24 heavy (non-hydrogen) atoms. The molecule has 3 rings (SSSR count). The number of hydrogen-bond donors (Lipinski definition) is 0. The summed E-state index contributed by atoms with van der Waals surface area (Å²) in [6, 6.07) is 8.60. The maximum atomic E-state index is 13.6. The summed E-state index contributed by atoms with van der Waals surface area (Å²) in [7, 11) is 3.52. The van der Waals surface area contributed by atoms with E-state index in [1.807, 2.05) is 6.92 Å². The summed E-state index contributed by atoms with van der Waals surface area (Å²) in [5.74, 6) is 0.543. The molecule has 0 saturated heterocycles. The number of aromatic nitrogens is 3. The molecule has 0 fully saturated rings. The lowest BCUT2D eigenvalue weighted by Crippen LogP contribution is -2.15. The topological polar surface area (TPSA) is 33.4 Å². The van der Waals surface area contributed by atoms with Crippen LogP contribution in [0.4, 0.5) is 19.0 Å². The van der Waals surface area contributed by atoms with Crippen molar-refractivity contribution in [3.63, 3.8) is 0 Å². The van der Waals surface area contributed by atoms with Gasteiger partial charge in [0, 0.05) is 25.9 Å². The third-order valence-electron chi connectivity index (χ3n) is 3.77. The Morgan fingerprint density at radius 3 is 2.21 bits per heavy atom. The van der Waals surface area contributed by atoms with Crippen LogP contribution in [0, 0.1) is 13.8 Å². The van der Waals surface area contributed by atoms with Crippen LogP contribution in [0.2, 0.25) is 0 Å². The summed E-state index contributed by atoms with van der Waals surface area (Å²) in [5, 5.41) is 3.83. The SMILES string of the molecule is Cc1ccc(-c2c(C(F)(F)F)nn3c(N(C)C)cc(C)nc23)cc1. The molecular formula is C17H17F3N4. The Kier molecular flexibility index (Phi) is 3.74. The minimum Gasteiger partial charge on any atom is -0.363 e. The van der Waals surface area contributed by atoms with Gasteiger partial charge in [-0.3, -0.25) is 0 Å². The molecule has 0 aliphatic heterocycles. The molecule has 0 N–H and O–H groups in total. The fourth-order valence-electron chi connectivity index (χ4n) is 2.62. The van der Waals surface area contributed by atoms with Crippen LogP contribution in [-0.4, -0.2) is 28.7 Å². The number of rotatable bonds is 2. The number of benzene rings is 1. The Hall–Kier alpha value is -2.57. The zero-order chi connectivity index (χ0) is 17.6. The highest BCUT2D eigenvalue weighted by Gasteiger charge is 2.39. The van der Waals surface area contributed by atoms with E-state index >= 15 is 0 Å². The van der Waals surface area contributed by atoms with E-state index in [0.717, 1.165) is 5.56 Å². The lowest BCUT2D eigenvalue weighted by atomic mass is 10.0. The second-order valence-corrected chi connectivity index (χ2v) is 5.97. The first-order chi connectivity index (χ1) is 11.2. The van der Waals surface area contributed by atoms with E-state index in [0.29, 0.717) is 17.1 Å². The number of fused-ring (bicyclic) bond motifs is 1. The van der Waals surface area contributed by atoms with Gasteiger partial charge in [0.15, 0.2) is 11.3 Å². The average Bonchev–Trinajstić information content (AvgIpc) is 2.86. The summed E-state index contributed by atoms with van der Waals surface area (Å²) >= 11 is 0. The number of anilines is 1. The molecule has 0 saturated carbocycles. The predicted molar refractivity (Wildman–Crippen MR) is 87.2 cm³/mol. The summed E-state index contributed by atoms with van der Waals surface area (Å²) < 4.78 is 42.0. The lowest BCUT2D eigenvalue weighted by Gasteiger charge is -2.14. The maximum Gasteiger partial charge on any atom is 0.435 e. The van der Waals surface area contributed by atoms with E-state index in [-0.39, 0.29) is 11.2 Å². The van der Waals surface area contributed by atoms with Gasteiger partial charge in [-0.1, -0.05) is 29.8 Å². The molecule has 3 aromatic rings. The van der Waals surface area contributed by atoms with E-state index in [1.165, 1.54) is 4.52 Å². The average molecular weight is 334 g/mol. The molecule has 0 atom stereocenters. The molecule has 1 aromatic carbocycles. The number of halogens is 3. The first-order valence-corrected chi connectivity index (χ1v) is 7.40. The van der Waals surface area contributed by atoms with Crippen LogP contribution in [0.3, 0.4) is 0 Å². The Labute approximate surface area is 137 Å². The number of nitrogens with zero attached hydrogens (tertiary/aromatic N) is 4. The Morgan fingerprint density at radius 2 is 1.67 bits per heavy atom. The Balaban J connectivity index is 2.42. The minimum atomic E-state index is -4.56. The van der Waals surface area contributed by atoms with Gasteiger partial charge in [-0.2, -0.15) is 22.8 Å². The van der Waals surface area contributed by atoms with Crippen molar-refractivity contribution in [1.82, 2.24) is 14.6 Å². The summed E-state index contributed by atoms with van der Waals surface area (Å²) in [6.45, 7) is 3.64. The highest BCUT2D eigenvalue weighted by molar-refractivity contribution is 5.81. The fraction of sp³-hybridized carbons (Fsp3) is 0.294. The smallest absolute Gasteiger partial charge is 0.363 e. The van der Waals surface area contributed by atoms with Crippen molar-refractivity contribution in [2.75, 3.05) is 19.0 Å². The Bertz CT molecular complexity index is 893. The summed E-state index contributed by atoms with van der Waals surface area (Å²) in [4.78, 5) is 6.04. The van der Waals surface area contributed by atoms with Crippen LogP contribution in [0.1, 0.15) is 17.0 Å². The highest BCUT2D eigenvalue weighted by Crippen LogP contribution is 2.39. The normalized spacial score (nSPS) is 12.0. The van der Waals surface area contributed by atoms with Crippen molar-refractivity contribution < 1.29 is 13.2 Å². The number of aryl methyl sites for hydroxylation is 2. The van der Waals surface area contributed by atoms with Gasteiger partial charge in [-0.15, -0.1) is 0 Å². The maximum absolute atomic E-state index is 13.6. The van der Waals surface area contributed by atoms with E-state index < -0.39 is 11.9 Å². The van der Waals surface area contributed by atoms with Crippen LogP contribution in [0.25, 0.3) is 16.8 Å². The van der Waals surface area contributed by atoms with E-state index in [2.05, 4.69) is 10.1 Å². The van der Waals surface area contributed by atoms with Gasteiger partial charge in [-0.25, -0.2) is 4.98 Å². The molecule has 0 unspecified atom stereocenters. The van der Waals surface area contributed by atoms with Crippen molar-refractivity contribution >= 4 is 11.5 Å². The largest absolute Gasteiger partial charge is 0.435 e. The molecule has 0 aliphatic carbocycles. The first kappa shape index (κ1) is 16.3. The third-order valence-corrected chi connectivity index (χ3v) is 3.77. The molecule has 4 nitrogen and oxygen atoms in total. The van der Waals surface area contributed by atoms with E-state index in [4.69, 9.17) is 0 Å². The quantitative estimate of drug-likeness (QED) is 0.707. The van der Waals surface area contributed by atoms with Crippen molar-refractivity contribution in [3.05, 3.63) is 47.3 Å². The molecule has 2 heterocycles. The zero-order valence-corrected chi connectivity index (χ0v) is 13.8. The summed E-state index contributed by atoms with van der Waals surface area (Å²) in [5.41, 5.74) is 1.34. The van der Waals surface area contributed by atoms with Gasteiger partial charge in [0.25, 0.3) is 0 Å². The minimum absolute atomic E-state index is 0.00861. The number of alkyl halides is 3. The van der Waals surface area contributed by atoms with Gasteiger partial charge in [0.05, 0.1) is 5.56 Å². The molecule has 7 heteroatoms. The summed E-state index contributed by atoms with van der Waals surface area (Å²) in [6.07, 6.45) is -4.56. The van der Waals surface area contributed by atoms with Crippen LogP contribution in [0.5, 0.6) is 0 Å². The molecule has 0 amide bonds. The number of hydrogen-bond acceptors (Lipinski definition) is 3.